The minimum absolute atomic E-state index is 0.121. The molecule has 4 rings (SSSR count). The smallest absolute Gasteiger partial charge is 0.459 e. The first kappa shape index (κ1) is 28.1. The first-order valence-corrected chi connectivity index (χ1v) is 13.3. The number of alkyl halides is 1. The van der Waals surface area contributed by atoms with Gasteiger partial charge in [0, 0.05) is 12.3 Å². The Labute approximate surface area is 216 Å². The van der Waals surface area contributed by atoms with Crippen LogP contribution in [0.5, 0.6) is 5.75 Å². The molecule has 0 amide bonds. The summed E-state index contributed by atoms with van der Waals surface area (Å²) >= 11 is 0. The molecule has 1 unspecified atom stereocenters. The summed E-state index contributed by atoms with van der Waals surface area (Å²) in [7, 11) is -4.44. The largest absolute Gasteiger partial charge is 0.462 e. The zero-order valence-electron chi connectivity index (χ0n) is 21.1. The fourth-order valence-corrected chi connectivity index (χ4v) is 5.65. The van der Waals surface area contributed by atoms with Gasteiger partial charge in [-0.2, -0.15) is 5.09 Å². The first-order valence-electron chi connectivity index (χ1n) is 11.8. The van der Waals surface area contributed by atoms with Crippen LogP contribution in [0.1, 0.15) is 33.9 Å². The maximum absolute atomic E-state index is 16.4. The van der Waals surface area contributed by atoms with E-state index in [9.17, 15) is 18.9 Å². The van der Waals surface area contributed by atoms with Crippen LogP contribution in [0.15, 0.2) is 52.2 Å². The molecule has 2 fully saturated rings. The van der Waals surface area contributed by atoms with Gasteiger partial charge in [0.15, 0.2) is 12.3 Å². The van der Waals surface area contributed by atoms with E-state index < -0.39 is 67.5 Å². The van der Waals surface area contributed by atoms with Gasteiger partial charge >= 0.3 is 19.4 Å². The van der Waals surface area contributed by atoms with Gasteiger partial charge in [-0.05, 0) is 39.8 Å². The second-order valence-electron chi connectivity index (χ2n) is 9.28. The summed E-state index contributed by atoms with van der Waals surface area (Å²) in [6.07, 6.45) is -2.11. The van der Waals surface area contributed by atoms with Gasteiger partial charge in [0.25, 0.3) is 11.4 Å². The topological polar surface area (TPSA) is 156 Å². The fourth-order valence-electron chi connectivity index (χ4n) is 4.15. The molecule has 0 radical (unpaired) electrons. The number of fused-ring (bicyclic) bond motifs is 1. The predicted molar refractivity (Wildman–Crippen MR) is 129 cm³/mol. The van der Waals surface area contributed by atoms with Crippen LogP contribution in [0.4, 0.5) is 4.39 Å². The monoisotopic (exact) mass is 557 g/mol. The van der Waals surface area contributed by atoms with Crippen LogP contribution in [0, 0.1) is 0 Å². The van der Waals surface area contributed by atoms with Crippen molar-refractivity contribution in [1.82, 2.24) is 14.6 Å². The number of nitrogens with zero attached hydrogens (tertiary/aromatic N) is 1. The zero-order valence-corrected chi connectivity index (χ0v) is 22.0. The summed E-state index contributed by atoms with van der Waals surface area (Å²) in [5, 5.41) is 2.46. The number of carbonyl (C=O) groups excluding carboxylic acids is 1. The lowest BCUT2D eigenvalue weighted by molar-refractivity contribution is -0.227. The van der Waals surface area contributed by atoms with Gasteiger partial charge in [-0.3, -0.25) is 23.7 Å². The van der Waals surface area contributed by atoms with Gasteiger partial charge in [0.1, 0.15) is 30.8 Å². The van der Waals surface area contributed by atoms with Crippen LogP contribution in [0.3, 0.4) is 0 Å². The second kappa shape index (κ2) is 10.7. The van der Waals surface area contributed by atoms with Crippen LogP contribution in [-0.2, 0) is 32.8 Å². The second-order valence-corrected chi connectivity index (χ2v) is 11.0. The number of carbonyl (C=O) groups is 1. The average Bonchev–Trinajstić information content (AvgIpc) is 3.34. The molecular formula is C23H29FN3O10P. The first-order chi connectivity index (χ1) is 17.9. The van der Waals surface area contributed by atoms with E-state index in [4.69, 9.17) is 28.0 Å². The van der Waals surface area contributed by atoms with Crippen LogP contribution in [0.2, 0.25) is 0 Å². The number of aromatic nitrogens is 2. The number of rotatable bonds is 10. The average molecular weight is 557 g/mol. The Morgan fingerprint density at radius 2 is 1.97 bits per heavy atom. The van der Waals surface area contributed by atoms with Gasteiger partial charge in [-0.15, -0.1) is 0 Å². The molecule has 2 saturated heterocycles. The van der Waals surface area contributed by atoms with Crippen molar-refractivity contribution < 1.29 is 41.7 Å². The highest BCUT2D eigenvalue weighted by Crippen LogP contribution is 2.54. The van der Waals surface area contributed by atoms with E-state index in [0.717, 1.165) is 16.8 Å². The number of benzene rings is 1. The van der Waals surface area contributed by atoms with Crippen LogP contribution < -0.4 is 20.9 Å². The summed E-state index contributed by atoms with van der Waals surface area (Å²) in [5.41, 5.74) is -3.04. The van der Waals surface area contributed by atoms with Crippen LogP contribution in [-0.4, -0.2) is 58.6 Å². The third kappa shape index (κ3) is 5.75. The molecule has 2 N–H and O–H groups in total. The minimum atomic E-state index is -4.44. The molecule has 0 bridgehead atoms. The van der Waals surface area contributed by atoms with Gasteiger partial charge in [-0.25, -0.2) is 13.8 Å². The molecule has 0 aliphatic carbocycles. The third-order valence-corrected chi connectivity index (χ3v) is 7.50. The van der Waals surface area contributed by atoms with E-state index >= 15 is 4.39 Å². The number of nitrogens with one attached hydrogen (secondary N) is 2. The molecule has 15 heteroatoms. The highest BCUT2D eigenvalue weighted by atomic mass is 31.2. The van der Waals surface area contributed by atoms with Gasteiger partial charge in [0.2, 0.25) is 0 Å². The van der Waals surface area contributed by atoms with Crippen molar-refractivity contribution in [3.8, 4) is 5.75 Å². The number of H-pyrrole nitrogens is 1. The molecule has 1 aromatic heterocycles. The van der Waals surface area contributed by atoms with Gasteiger partial charge < -0.3 is 23.5 Å². The lowest BCUT2D eigenvalue weighted by Gasteiger charge is -2.28. The Bertz CT molecular complexity index is 1320. The SMILES string of the molecule is CC(C)OC(=O)[C@@H](C)NP(=O)(OC[C@@]1(F)O[C@@H](n2ccc(=O)[nH]c2=O)[C@]2(C)OCO[C@@H]21)Oc1ccccc1. The fraction of sp³-hybridized carbons (Fsp3) is 0.522. The molecule has 1 aromatic carbocycles. The molecule has 3 heterocycles. The van der Waals surface area contributed by atoms with E-state index in [1.54, 1.807) is 32.0 Å². The van der Waals surface area contributed by atoms with Gasteiger partial charge in [0.05, 0.1) is 6.10 Å². The maximum atomic E-state index is 16.4. The summed E-state index contributed by atoms with van der Waals surface area (Å²) in [5.74, 6) is -3.40. The Morgan fingerprint density at radius 1 is 1.26 bits per heavy atom. The number of esters is 1. The number of hydrogen-bond acceptors (Lipinski definition) is 10. The normalized spacial score (nSPS) is 29.0. The minimum Gasteiger partial charge on any atom is -0.462 e. The molecule has 38 heavy (non-hydrogen) atoms. The van der Waals surface area contributed by atoms with E-state index in [1.807, 2.05) is 0 Å². The lowest BCUT2D eigenvalue weighted by Crippen LogP contribution is -2.48. The quantitative estimate of drug-likeness (QED) is 0.325. The molecule has 2 aliphatic rings. The zero-order chi connectivity index (χ0) is 27.7. The highest BCUT2D eigenvalue weighted by molar-refractivity contribution is 7.52. The van der Waals surface area contributed by atoms with Crippen molar-refractivity contribution in [3.05, 3.63) is 63.4 Å². The Morgan fingerprint density at radius 3 is 2.63 bits per heavy atom. The van der Waals surface area contributed by atoms with Crippen molar-refractivity contribution in [3.63, 3.8) is 0 Å². The van der Waals surface area contributed by atoms with Crippen molar-refractivity contribution in [1.29, 1.82) is 0 Å². The predicted octanol–water partition coefficient (Wildman–Crippen LogP) is 2.00. The molecule has 2 aliphatic heterocycles. The van der Waals surface area contributed by atoms with E-state index in [1.165, 1.54) is 26.0 Å². The van der Waals surface area contributed by atoms with Gasteiger partial charge in [-0.1, -0.05) is 18.2 Å². The summed E-state index contributed by atoms with van der Waals surface area (Å²) in [6, 6.07) is 7.84. The van der Waals surface area contributed by atoms with Crippen molar-refractivity contribution in [2.75, 3.05) is 13.4 Å². The number of hydrogen-bond donors (Lipinski definition) is 2. The molecule has 13 nitrogen and oxygen atoms in total. The Kier molecular flexibility index (Phi) is 7.94. The third-order valence-electron chi connectivity index (χ3n) is 5.88. The van der Waals surface area contributed by atoms with E-state index in [0.29, 0.717) is 0 Å². The highest BCUT2D eigenvalue weighted by Gasteiger charge is 2.69. The maximum Gasteiger partial charge on any atom is 0.459 e. The molecular weight excluding hydrogens is 528 g/mol. The summed E-state index contributed by atoms with van der Waals surface area (Å²) < 4.78 is 63.8. The molecule has 2 aromatic rings. The van der Waals surface area contributed by atoms with Crippen molar-refractivity contribution >= 4 is 13.7 Å². The van der Waals surface area contributed by atoms with E-state index in [2.05, 4.69) is 10.1 Å². The molecule has 0 spiro atoms. The number of para-hydroxylation sites is 1. The van der Waals surface area contributed by atoms with Crippen molar-refractivity contribution in [2.24, 2.45) is 0 Å². The standard InChI is InChI=1S/C23H29FN3O10P/c1-14(2)35-18(29)15(3)26-38(31,37-16-8-6-5-7-9-16)34-12-23(24)19-22(4,33-13-32-19)20(36-23)27-11-10-17(28)25-21(27)30/h5-11,14-15,19-20H,12-13H2,1-4H3,(H,26,31)(H,25,28,30)/t15-,19+,20-,22-,23-,38?/m1/s1. The number of halogens is 1. The van der Waals surface area contributed by atoms with Crippen molar-refractivity contribution in [2.45, 2.75) is 63.6 Å². The van der Waals surface area contributed by atoms with Crippen LogP contribution >= 0.6 is 7.75 Å². The van der Waals surface area contributed by atoms with E-state index in [-0.39, 0.29) is 12.5 Å². The Hall–Kier alpha value is -2.87. The summed E-state index contributed by atoms with van der Waals surface area (Å²) in [4.78, 5) is 38.3. The lowest BCUT2D eigenvalue weighted by atomic mass is 9.95. The summed E-state index contributed by atoms with van der Waals surface area (Å²) in [6.45, 7) is 4.83. The number of aromatic amines is 1. The van der Waals surface area contributed by atoms with Crippen LogP contribution in [0.25, 0.3) is 0 Å². The molecule has 208 valence electrons. The molecule has 0 saturated carbocycles. The number of ether oxygens (including phenoxy) is 4. The Balaban J connectivity index is 1.59. The molecule has 6 atom stereocenters.